The summed E-state index contributed by atoms with van der Waals surface area (Å²) in [5.41, 5.74) is 0.215. The van der Waals surface area contributed by atoms with Gasteiger partial charge in [-0.15, -0.1) is 0 Å². The summed E-state index contributed by atoms with van der Waals surface area (Å²) in [5, 5.41) is 2.48. The van der Waals surface area contributed by atoms with Crippen molar-refractivity contribution in [3.8, 4) is 0 Å². The number of carbonyl (C=O) groups is 2. The van der Waals surface area contributed by atoms with Crippen LogP contribution in [0.1, 0.15) is 55.1 Å². The molecule has 1 heterocycles. The number of hydrogen-bond acceptors (Lipinski definition) is 3. The van der Waals surface area contributed by atoms with Crippen molar-refractivity contribution >= 4 is 23.4 Å². The van der Waals surface area contributed by atoms with Crippen LogP contribution >= 0.6 is 0 Å². The van der Waals surface area contributed by atoms with Crippen molar-refractivity contribution in [2.24, 2.45) is 0 Å². The minimum Gasteiger partial charge on any atom is -0.443 e. The van der Waals surface area contributed by atoms with Gasteiger partial charge in [0.05, 0.1) is 11.3 Å². The molecule has 1 aliphatic rings. The van der Waals surface area contributed by atoms with Gasteiger partial charge in [-0.05, 0) is 56.7 Å². The van der Waals surface area contributed by atoms with Gasteiger partial charge in [-0.1, -0.05) is 19.1 Å². The first-order valence-corrected chi connectivity index (χ1v) is 9.48. The van der Waals surface area contributed by atoms with Gasteiger partial charge < -0.3 is 10.1 Å². The number of hydrogen-bond donors (Lipinski definition) is 1. The summed E-state index contributed by atoms with van der Waals surface area (Å²) < 4.78 is 44.1. The van der Waals surface area contributed by atoms with Gasteiger partial charge in [0.15, 0.2) is 0 Å². The van der Waals surface area contributed by atoms with E-state index in [0.717, 1.165) is 17.7 Å². The van der Waals surface area contributed by atoms with E-state index >= 15 is 0 Å². The Balaban J connectivity index is 1.84. The third-order valence-corrected chi connectivity index (χ3v) is 4.63. The summed E-state index contributed by atoms with van der Waals surface area (Å²) in [6.45, 7) is 7.69. The second-order valence-corrected chi connectivity index (χ2v) is 8.30. The zero-order valence-electron chi connectivity index (χ0n) is 17.1. The van der Waals surface area contributed by atoms with E-state index in [1.54, 1.807) is 39.0 Å². The number of benzene rings is 2. The number of carbonyl (C=O) groups excluding carboxylic acids is 2. The molecule has 0 aromatic heterocycles. The number of halogens is 3. The molecule has 5 nitrogen and oxygen atoms in total. The van der Waals surface area contributed by atoms with Crippen LogP contribution in [-0.4, -0.2) is 24.1 Å². The lowest BCUT2D eigenvalue weighted by molar-refractivity contribution is -0.137. The summed E-state index contributed by atoms with van der Waals surface area (Å²) in [5.74, 6) is -0.506. The van der Waals surface area contributed by atoms with Gasteiger partial charge in [-0.2, -0.15) is 13.2 Å². The molecule has 0 saturated carbocycles. The lowest BCUT2D eigenvalue weighted by atomic mass is 10.0. The van der Waals surface area contributed by atoms with Crippen molar-refractivity contribution in [2.75, 3.05) is 16.8 Å². The van der Waals surface area contributed by atoms with E-state index in [4.69, 9.17) is 4.74 Å². The molecule has 0 fully saturated rings. The van der Waals surface area contributed by atoms with E-state index in [0.29, 0.717) is 12.2 Å². The number of nitrogens with zero attached hydrogens (tertiary/aromatic N) is 1. The Morgan fingerprint density at radius 2 is 1.80 bits per heavy atom. The van der Waals surface area contributed by atoms with Crippen LogP contribution in [0.15, 0.2) is 42.5 Å². The van der Waals surface area contributed by atoms with Crippen LogP contribution in [0.25, 0.3) is 0 Å². The average Bonchev–Trinajstić information content (AvgIpc) is 2.96. The van der Waals surface area contributed by atoms with E-state index in [9.17, 15) is 22.8 Å². The first-order valence-electron chi connectivity index (χ1n) is 9.48. The summed E-state index contributed by atoms with van der Waals surface area (Å²) in [6, 6.07) is 9.34. The maximum atomic E-state index is 12.9. The largest absolute Gasteiger partial charge is 0.443 e. The van der Waals surface area contributed by atoms with Crippen LogP contribution in [0.2, 0.25) is 0 Å². The molecule has 0 aliphatic carbocycles. The monoisotopic (exact) mass is 420 g/mol. The third kappa shape index (κ3) is 4.75. The molecule has 2 aromatic carbocycles. The number of fused-ring (bicyclic) bond motifs is 1. The van der Waals surface area contributed by atoms with E-state index in [-0.39, 0.29) is 17.2 Å². The summed E-state index contributed by atoms with van der Waals surface area (Å²) in [4.78, 5) is 26.7. The molecular formula is C22H23F3N2O3. The highest BCUT2D eigenvalue weighted by atomic mass is 19.4. The summed E-state index contributed by atoms with van der Waals surface area (Å²) in [6.07, 6.45) is -5.01. The van der Waals surface area contributed by atoms with Crippen LogP contribution in [0.3, 0.4) is 0 Å². The minimum absolute atomic E-state index is 0.0349. The maximum Gasteiger partial charge on any atom is 0.416 e. The van der Waals surface area contributed by atoms with Crippen molar-refractivity contribution in [1.82, 2.24) is 0 Å². The van der Waals surface area contributed by atoms with Crippen LogP contribution in [0.4, 0.5) is 29.3 Å². The minimum atomic E-state index is -4.50. The number of rotatable bonds is 2. The van der Waals surface area contributed by atoms with Gasteiger partial charge >= 0.3 is 12.3 Å². The normalized spacial score (nSPS) is 16.2. The van der Waals surface area contributed by atoms with Crippen molar-refractivity contribution in [3.63, 3.8) is 0 Å². The highest BCUT2D eigenvalue weighted by Gasteiger charge is 2.34. The van der Waals surface area contributed by atoms with Crippen molar-refractivity contribution in [3.05, 3.63) is 59.2 Å². The molecule has 160 valence electrons. The molecule has 1 atom stereocenters. The predicted octanol–water partition coefficient (Wildman–Crippen LogP) is 5.82. The third-order valence-electron chi connectivity index (χ3n) is 4.63. The standard InChI is InChI=1S/C22H23F3N2O3/c1-13-12-27(20(29)30-21(2,3)4)18-10-14(8-9-17(13)18)19(28)26-16-7-5-6-15(11-16)22(23,24)25/h5-11,13H,12H2,1-4H3,(H,26,28). The predicted molar refractivity (Wildman–Crippen MR) is 108 cm³/mol. The van der Waals surface area contributed by atoms with Gasteiger partial charge in [0.1, 0.15) is 5.60 Å². The van der Waals surface area contributed by atoms with Gasteiger partial charge in [0, 0.05) is 23.7 Å². The molecule has 3 rings (SSSR count). The lowest BCUT2D eigenvalue weighted by Gasteiger charge is -2.25. The fourth-order valence-corrected chi connectivity index (χ4v) is 3.27. The Hall–Kier alpha value is -3.03. The number of nitrogens with one attached hydrogen (secondary N) is 1. The Morgan fingerprint density at radius 3 is 2.43 bits per heavy atom. The summed E-state index contributed by atoms with van der Waals surface area (Å²) >= 11 is 0. The fourth-order valence-electron chi connectivity index (χ4n) is 3.27. The number of alkyl halides is 3. The highest BCUT2D eigenvalue weighted by molar-refractivity contribution is 6.05. The topological polar surface area (TPSA) is 58.6 Å². The molecule has 0 bridgehead atoms. The number of ether oxygens (including phenoxy) is 1. The first kappa shape index (κ1) is 21.7. The first-order chi connectivity index (χ1) is 13.8. The highest BCUT2D eigenvalue weighted by Crippen LogP contribution is 2.38. The molecule has 2 amide bonds. The molecule has 8 heteroatoms. The molecule has 0 spiro atoms. The van der Waals surface area contributed by atoms with Gasteiger partial charge in [0.2, 0.25) is 0 Å². The zero-order valence-corrected chi connectivity index (χ0v) is 17.1. The van der Waals surface area contributed by atoms with Crippen molar-refractivity contribution < 1.29 is 27.5 Å². The van der Waals surface area contributed by atoms with Gasteiger partial charge in [-0.25, -0.2) is 4.79 Å². The van der Waals surface area contributed by atoms with E-state index in [1.807, 2.05) is 6.92 Å². The van der Waals surface area contributed by atoms with E-state index < -0.39 is 29.3 Å². The molecule has 1 unspecified atom stereocenters. The Morgan fingerprint density at radius 1 is 1.10 bits per heavy atom. The van der Waals surface area contributed by atoms with Gasteiger partial charge in [-0.3, -0.25) is 9.69 Å². The van der Waals surface area contributed by atoms with Crippen LogP contribution in [0, 0.1) is 0 Å². The maximum absolute atomic E-state index is 12.9. The van der Waals surface area contributed by atoms with E-state index in [2.05, 4.69) is 5.32 Å². The molecule has 0 radical (unpaired) electrons. The van der Waals surface area contributed by atoms with Crippen LogP contribution < -0.4 is 10.2 Å². The quantitative estimate of drug-likeness (QED) is 0.666. The Kier molecular flexibility index (Phi) is 5.54. The SMILES string of the molecule is CC1CN(C(=O)OC(C)(C)C)c2cc(C(=O)Nc3cccc(C(F)(F)F)c3)ccc21. The summed E-state index contributed by atoms with van der Waals surface area (Å²) in [7, 11) is 0. The second-order valence-electron chi connectivity index (χ2n) is 8.30. The molecule has 30 heavy (non-hydrogen) atoms. The second kappa shape index (κ2) is 7.66. The molecule has 2 aromatic rings. The van der Waals surface area contributed by atoms with Crippen molar-refractivity contribution in [2.45, 2.75) is 45.4 Å². The van der Waals surface area contributed by atoms with Crippen LogP contribution in [0.5, 0.6) is 0 Å². The number of amides is 2. The molecular weight excluding hydrogens is 397 g/mol. The van der Waals surface area contributed by atoms with Crippen LogP contribution in [-0.2, 0) is 10.9 Å². The molecule has 1 N–H and O–H groups in total. The van der Waals surface area contributed by atoms with Crippen molar-refractivity contribution in [1.29, 1.82) is 0 Å². The Labute approximate surface area is 172 Å². The molecule has 1 aliphatic heterocycles. The average molecular weight is 420 g/mol. The van der Waals surface area contributed by atoms with Gasteiger partial charge in [0.25, 0.3) is 5.91 Å². The fraction of sp³-hybridized carbons (Fsp3) is 0.364. The zero-order chi connectivity index (χ0) is 22.3. The number of anilines is 2. The Bertz CT molecular complexity index is 980. The smallest absolute Gasteiger partial charge is 0.416 e. The van der Waals surface area contributed by atoms with E-state index in [1.165, 1.54) is 17.0 Å². The molecule has 0 saturated heterocycles. The lowest BCUT2D eigenvalue weighted by Crippen LogP contribution is -2.36.